The van der Waals surface area contributed by atoms with Crippen molar-refractivity contribution in [2.24, 2.45) is 5.73 Å². The lowest BCUT2D eigenvalue weighted by Crippen LogP contribution is -2.14. The van der Waals surface area contributed by atoms with Crippen molar-refractivity contribution >= 4 is 44.5 Å². The van der Waals surface area contributed by atoms with E-state index >= 15 is 0 Å². The van der Waals surface area contributed by atoms with E-state index < -0.39 is 5.82 Å². The first-order valence-electron chi connectivity index (χ1n) is 5.19. The molecule has 3 N–H and O–H groups in total. The summed E-state index contributed by atoms with van der Waals surface area (Å²) in [7, 11) is 0. The zero-order chi connectivity index (χ0) is 13.1. The SMILES string of the molecule is NC(=S)c1c(F)cccc1Nc1ccccc1Br. The molecule has 0 saturated heterocycles. The summed E-state index contributed by atoms with van der Waals surface area (Å²) < 4.78 is 14.6. The van der Waals surface area contributed by atoms with Crippen LogP contribution in [0.5, 0.6) is 0 Å². The number of nitrogens with two attached hydrogens (primary N) is 1. The standard InChI is InChI=1S/C13H10BrFN2S/c14-8-4-1-2-6-10(8)17-11-7-3-5-9(15)12(11)13(16)18/h1-7,17H,(H2,16,18). The minimum Gasteiger partial charge on any atom is -0.389 e. The van der Waals surface area contributed by atoms with Gasteiger partial charge in [0, 0.05) is 4.47 Å². The maximum absolute atomic E-state index is 13.7. The number of halogens is 2. The summed E-state index contributed by atoms with van der Waals surface area (Å²) in [5, 5.41) is 3.11. The Morgan fingerprint density at radius 1 is 1.11 bits per heavy atom. The van der Waals surface area contributed by atoms with Gasteiger partial charge in [0.2, 0.25) is 0 Å². The summed E-state index contributed by atoms with van der Waals surface area (Å²) in [5.74, 6) is -0.431. The van der Waals surface area contributed by atoms with Crippen molar-refractivity contribution < 1.29 is 4.39 Å². The van der Waals surface area contributed by atoms with Crippen LogP contribution in [-0.4, -0.2) is 4.99 Å². The van der Waals surface area contributed by atoms with Crippen LogP contribution < -0.4 is 11.1 Å². The Hall–Kier alpha value is -1.46. The number of anilines is 2. The predicted molar refractivity (Wildman–Crippen MR) is 79.7 cm³/mol. The van der Waals surface area contributed by atoms with Crippen molar-refractivity contribution in [3.05, 3.63) is 58.3 Å². The molecule has 0 aliphatic rings. The van der Waals surface area contributed by atoms with Gasteiger partial charge < -0.3 is 11.1 Å². The van der Waals surface area contributed by atoms with E-state index in [9.17, 15) is 4.39 Å². The Morgan fingerprint density at radius 2 is 1.78 bits per heavy atom. The average molecular weight is 325 g/mol. The summed E-state index contributed by atoms with van der Waals surface area (Å²) >= 11 is 8.29. The van der Waals surface area contributed by atoms with Crippen LogP contribution in [0.1, 0.15) is 5.56 Å². The zero-order valence-corrected chi connectivity index (χ0v) is 11.7. The summed E-state index contributed by atoms with van der Waals surface area (Å²) in [6.45, 7) is 0. The summed E-state index contributed by atoms with van der Waals surface area (Å²) in [6.07, 6.45) is 0. The van der Waals surface area contributed by atoms with E-state index in [0.29, 0.717) is 5.69 Å². The van der Waals surface area contributed by atoms with Crippen LogP contribution >= 0.6 is 28.1 Å². The highest BCUT2D eigenvalue weighted by molar-refractivity contribution is 9.10. The fourth-order valence-corrected chi connectivity index (χ4v) is 2.18. The first-order valence-corrected chi connectivity index (χ1v) is 6.39. The molecular formula is C13H10BrFN2S. The van der Waals surface area contributed by atoms with Crippen molar-refractivity contribution in [1.29, 1.82) is 0 Å². The van der Waals surface area contributed by atoms with Gasteiger partial charge in [-0.3, -0.25) is 0 Å². The van der Waals surface area contributed by atoms with Crippen LogP contribution in [0.2, 0.25) is 0 Å². The molecule has 0 atom stereocenters. The molecule has 0 saturated carbocycles. The fourth-order valence-electron chi connectivity index (χ4n) is 1.59. The third kappa shape index (κ3) is 2.68. The Kier molecular flexibility index (Phi) is 3.93. The molecule has 2 nitrogen and oxygen atoms in total. The molecule has 0 aliphatic heterocycles. The zero-order valence-electron chi connectivity index (χ0n) is 9.28. The summed E-state index contributed by atoms with van der Waals surface area (Å²) in [4.78, 5) is 0.0302. The Bertz CT molecular complexity index is 601. The van der Waals surface area contributed by atoms with E-state index in [2.05, 4.69) is 21.2 Å². The molecule has 0 heterocycles. The van der Waals surface area contributed by atoms with Gasteiger partial charge in [-0.25, -0.2) is 4.39 Å². The molecule has 2 aromatic carbocycles. The van der Waals surface area contributed by atoms with Crippen molar-refractivity contribution in [3.63, 3.8) is 0 Å². The Morgan fingerprint density at radius 3 is 2.44 bits per heavy atom. The number of hydrogen-bond acceptors (Lipinski definition) is 2. The summed E-state index contributed by atoms with van der Waals surface area (Å²) in [6, 6.07) is 12.2. The normalized spacial score (nSPS) is 10.1. The first kappa shape index (κ1) is 13.0. The second-order valence-corrected chi connectivity index (χ2v) is 4.93. The number of nitrogens with one attached hydrogen (secondary N) is 1. The van der Waals surface area contributed by atoms with Crippen LogP contribution in [0, 0.1) is 5.82 Å². The van der Waals surface area contributed by atoms with Gasteiger partial charge in [0.05, 0.1) is 16.9 Å². The van der Waals surface area contributed by atoms with E-state index in [1.807, 2.05) is 24.3 Å². The third-order valence-electron chi connectivity index (χ3n) is 2.40. The highest BCUT2D eigenvalue weighted by atomic mass is 79.9. The van der Waals surface area contributed by atoms with Gasteiger partial charge in [0.15, 0.2) is 0 Å². The van der Waals surface area contributed by atoms with Gasteiger partial charge in [-0.15, -0.1) is 0 Å². The van der Waals surface area contributed by atoms with Gasteiger partial charge in [-0.05, 0) is 40.2 Å². The molecule has 0 bridgehead atoms. The molecule has 92 valence electrons. The minimum absolute atomic E-state index is 0.0302. The lowest BCUT2D eigenvalue weighted by Gasteiger charge is -2.13. The van der Waals surface area contributed by atoms with Crippen LogP contribution in [0.15, 0.2) is 46.9 Å². The third-order valence-corrected chi connectivity index (χ3v) is 3.30. The molecule has 0 unspecified atom stereocenters. The molecule has 0 aromatic heterocycles. The molecule has 0 radical (unpaired) electrons. The van der Waals surface area contributed by atoms with Gasteiger partial charge in [-0.1, -0.05) is 30.4 Å². The number of para-hydroxylation sites is 1. The molecule has 0 fully saturated rings. The number of hydrogen-bond donors (Lipinski definition) is 2. The van der Waals surface area contributed by atoms with Gasteiger partial charge >= 0.3 is 0 Å². The van der Waals surface area contributed by atoms with Gasteiger partial charge in [-0.2, -0.15) is 0 Å². The maximum atomic E-state index is 13.7. The summed E-state index contributed by atoms with van der Waals surface area (Å²) in [5.41, 5.74) is 7.14. The molecule has 2 aromatic rings. The second-order valence-electron chi connectivity index (χ2n) is 3.63. The van der Waals surface area contributed by atoms with E-state index in [4.69, 9.17) is 18.0 Å². The van der Waals surface area contributed by atoms with Crippen LogP contribution in [0.3, 0.4) is 0 Å². The van der Waals surface area contributed by atoms with E-state index in [1.165, 1.54) is 6.07 Å². The number of thiocarbonyl (C=S) groups is 1. The minimum atomic E-state index is -0.431. The topological polar surface area (TPSA) is 38.0 Å². The largest absolute Gasteiger partial charge is 0.389 e. The van der Waals surface area contributed by atoms with Crippen LogP contribution in [0.4, 0.5) is 15.8 Å². The van der Waals surface area contributed by atoms with Crippen molar-refractivity contribution in [2.45, 2.75) is 0 Å². The van der Waals surface area contributed by atoms with Gasteiger partial charge in [0.1, 0.15) is 10.8 Å². The molecular weight excluding hydrogens is 315 g/mol. The second kappa shape index (κ2) is 5.46. The highest BCUT2D eigenvalue weighted by Crippen LogP contribution is 2.28. The van der Waals surface area contributed by atoms with Crippen LogP contribution in [0.25, 0.3) is 0 Å². The molecule has 0 spiro atoms. The average Bonchev–Trinajstić information content (AvgIpc) is 2.31. The number of benzene rings is 2. The van der Waals surface area contributed by atoms with E-state index in [0.717, 1.165) is 10.2 Å². The molecule has 0 amide bonds. The molecule has 5 heteroatoms. The lowest BCUT2D eigenvalue weighted by atomic mass is 10.1. The quantitative estimate of drug-likeness (QED) is 0.839. The monoisotopic (exact) mass is 324 g/mol. The van der Waals surface area contributed by atoms with Crippen molar-refractivity contribution in [3.8, 4) is 0 Å². The molecule has 18 heavy (non-hydrogen) atoms. The Balaban J connectivity index is 2.44. The van der Waals surface area contributed by atoms with Crippen molar-refractivity contribution in [1.82, 2.24) is 0 Å². The number of rotatable bonds is 3. The molecule has 2 rings (SSSR count). The molecule has 0 aliphatic carbocycles. The van der Waals surface area contributed by atoms with E-state index in [1.54, 1.807) is 12.1 Å². The fraction of sp³-hybridized carbons (Fsp3) is 0. The lowest BCUT2D eigenvalue weighted by molar-refractivity contribution is 0.626. The maximum Gasteiger partial charge on any atom is 0.135 e. The van der Waals surface area contributed by atoms with E-state index in [-0.39, 0.29) is 10.6 Å². The van der Waals surface area contributed by atoms with Crippen molar-refractivity contribution in [2.75, 3.05) is 5.32 Å². The smallest absolute Gasteiger partial charge is 0.135 e. The highest BCUT2D eigenvalue weighted by Gasteiger charge is 2.11. The van der Waals surface area contributed by atoms with Gasteiger partial charge in [0.25, 0.3) is 0 Å². The van der Waals surface area contributed by atoms with Crippen LogP contribution in [-0.2, 0) is 0 Å². The first-order chi connectivity index (χ1) is 8.59. The predicted octanol–water partition coefficient (Wildman–Crippen LogP) is 3.97. The Labute approximate surface area is 118 Å².